The molecule has 2 heterocycles. The third kappa shape index (κ3) is 4.06. The molecule has 0 atom stereocenters. The normalized spacial score (nSPS) is 10.9. The number of aromatic nitrogens is 4. The molecule has 0 amide bonds. The van der Waals surface area contributed by atoms with Gasteiger partial charge in [-0.3, -0.25) is 0 Å². The predicted molar refractivity (Wildman–Crippen MR) is 74.3 cm³/mol. The minimum atomic E-state index is 0.566. The second-order valence-electron chi connectivity index (χ2n) is 4.92. The highest BCUT2D eigenvalue weighted by atomic mass is 15.0. The van der Waals surface area contributed by atoms with Gasteiger partial charge in [0.1, 0.15) is 0 Å². The van der Waals surface area contributed by atoms with E-state index in [0.29, 0.717) is 17.6 Å². The van der Waals surface area contributed by atoms with Crippen LogP contribution in [0.5, 0.6) is 0 Å². The second-order valence-corrected chi connectivity index (χ2v) is 4.92. The summed E-state index contributed by atoms with van der Waals surface area (Å²) in [5, 5.41) is 3.38. The fourth-order valence-electron chi connectivity index (χ4n) is 1.73. The molecule has 5 heteroatoms. The van der Waals surface area contributed by atoms with Crippen LogP contribution in [0, 0.1) is 12.8 Å². The Morgan fingerprint density at radius 1 is 1.11 bits per heavy atom. The topological polar surface area (TPSA) is 63.6 Å². The van der Waals surface area contributed by atoms with Crippen LogP contribution in [-0.2, 0) is 6.54 Å². The molecule has 19 heavy (non-hydrogen) atoms. The lowest BCUT2D eigenvalue weighted by Crippen LogP contribution is -2.20. The van der Waals surface area contributed by atoms with Crippen molar-refractivity contribution in [3.05, 3.63) is 35.9 Å². The summed E-state index contributed by atoms with van der Waals surface area (Å²) < 4.78 is 0. The SMILES string of the molecule is Cc1cc(CNCC(C)C)nc(-c2ncccn2)n1. The maximum absolute atomic E-state index is 4.50. The molecule has 100 valence electrons. The zero-order valence-corrected chi connectivity index (χ0v) is 11.6. The Labute approximate surface area is 113 Å². The van der Waals surface area contributed by atoms with Crippen molar-refractivity contribution >= 4 is 0 Å². The molecule has 0 spiro atoms. The van der Waals surface area contributed by atoms with Crippen molar-refractivity contribution in [1.82, 2.24) is 25.3 Å². The first-order valence-corrected chi connectivity index (χ1v) is 6.48. The summed E-state index contributed by atoms with van der Waals surface area (Å²) in [6.45, 7) is 8.03. The lowest BCUT2D eigenvalue weighted by Gasteiger charge is -2.08. The quantitative estimate of drug-likeness (QED) is 0.887. The molecule has 0 radical (unpaired) electrons. The van der Waals surface area contributed by atoms with Gasteiger partial charge in [-0.1, -0.05) is 13.8 Å². The maximum Gasteiger partial charge on any atom is 0.198 e. The van der Waals surface area contributed by atoms with Gasteiger partial charge in [0.25, 0.3) is 0 Å². The van der Waals surface area contributed by atoms with E-state index < -0.39 is 0 Å². The Bertz CT molecular complexity index is 525. The van der Waals surface area contributed by atoms with E-state index >= 15 is 0 Å². The van der Waals surface area contributed by atoms with Crippen molar-refractivity contribution < 1.29 is 0 Å². The zero-order chi connectivity index (χ0) is 13.7. The van der Waals surface area contributed by atoms with E-state index in [-0.39, 0.29) is 0 Å². The van der Waals surface area contributed by atoms with Crippen molar-refractivity contribution in [2.24, 2.45) is 5.92 Å². The first-order chi connectivity index (χ1) is 9.15. The fraction of sp³-hybridized carbons (Fsp3) is 0.429. The number of hydrogen-bond acceptors (Lipinski definition) is 5. The van der Waals surface area contributed by atoms with Gasteiger partial charge in [-0.25, -0.2) is 19.9 Å². The van der Waals surface area contributed by atoms with Gasteiger partial charge in [0.05, 0.1) is 5.69 Å². The lowest BCUT2D eigenvalue weighted by atomic mass is 10.2. The van der Waals surface area contributed by atoms with Gasteiger partial charge in [-0.2, -0.15) is 0 Å². The molecule has 0 saturated heterocycles. The molecule has 2 aromatic rings. The molecule has 1 N–H and O–H groups in total. The second kappa shape index (κ2) is 6.33. The van der Waals surface area contributed by atoms with Gasteiger partial charge in [-0.15, -0.1) is 0 Å². The smallest absolute Gasteiger partial charge is 0.198 e. The maximum atomic E-state index is 4.50. The molecule has 5 nitrogen and oxygen atoms in total. The van der Waals surface area contributed by atoms with Crippen LogP contribution in [0.4, 0.5) is 0 Å². The first kappa shape index (κ1) is 13.5. The highest BCUT2D eigenvalue weighted by Gasteiger charge is 2.07. The molecule has 0 bridgehead atoms. The number of aryl methyl sites for hydroxylation is 1. The van der Waals surface area contributed by atoms with Crippen LogP contribution in [0.15, 0.2) is 24.5 Å². The van der Waals surface area contributed by atoms with E-state index in [0.717, 1.165) is 24.5 Å². The van der Waals surface area contributed by atoms with Gasteiger partial charge in [-0.05, 0) is 31.5 Å². The first-order valence-electron chi connectivity index (χ1n) is 6.48. The molecule has 2 rings (SSSR count). The van der Waals surface area contributed by atoms with Crippen LogP contribution < -0.4 is 5.32 Å². The molecular formula is C14H19N5. The molecule has 0 saturated carbocycles. The van der Waals surface area contributed by atoms with Crippen molar-refractivity contribution in [2.75, 3.05) is 6.54 Å². The van der Waals surface area contributed by atoms with E-state index in [1.165, 1.54) is 0 Å². The van der Waals surface area contributed by atoms with Crippen molar-refractivity contribution in [3.8, 4) is 11.6 Å². The van der Waals surface area contributed by atoms with Crippen molar-refractivity contribution in [3.63, 3.8) is 0 Å². The van der Waals surface area contributed by atoms with Gasteiger partial charge in [0.15, 0.2) is 11.6 Å². The summed E-state index contributed by atoms with van der Waals surface area (Å²) in [5.74, 6) is 1.78. The predicted octanol–water partition coefficient (Wildman–Crippen LogP) is 1.99. The molecule has 0 unspecified atom stereocenters. The fourth-order valence-corrected chi connectivity index (χ4v) is 1.73. The summed E-state index contributed by atoms with van der Waals surface area (Å²) in [6, 6.07) is 3.77. The van der Waals surface area contributed by atoms with Crippen LogP contribution in [0.2, 0.25) is 0 Å². The third-order valence-corrected chi connectivity index (χ3v) is 2.53. The molecule has 0 aliphatic heterocycles. The molecule has 0 aromatic carbocycles. The molecule has 0 fully saturated rings. The number of rotatable bonds is 5. The highest BCUT2D eigenvalue weighted by Crippen LogP contribution is 2.10. The minimum absolute atomic E-state index is 0.566. The van der Waals surface area contributed by atoms with E-state index in [1.807, 2.05) is 13.0 Å². The van der Waals surface area contributed by atoms with E-state index in [9.17, 15) is 0 Å². The van der Waals surface area contributed by atoms with Crippen LogP contribution in [0.1, 0.15) is 25.2 Å². The van der Waals surface area contributed by atoms with Gasteiger partial charge in [0, 0.05) is 24.6 Å². The van der Waals surface area contributed by atoms with Crippen molar-refractivity contribution in [1.29, 1.82) is 0 Å². The van der Waals surface area contributed by atoms with Gasteiger partial charge in [0.2, 0.25) is 0 Å². The third-order valence-electron chi connectivity index (χ3n) is 2.53. The monoisotopic (exact) mass is 257 g/mol. The Hall–Kier alpha value is -1.88. The average molecular weight is 257 g/mol. The summed E-state index contributed by atoms with van der Waals surface area (Å²) in [6.07, 6.45) is 3.40. The van der Waals surface area contributed by atoms with Crippen LogP contribution >= 0.6 is 0 Å². The minimum Gasteiger partial charge on any atom is -0.311 e. The molecule has 2 aromatic heterocycles. The van der Waals surface area contributed by atoms with E-state index in [1.54, 1.807) is 18.5 Å². The Kier molecular flexibility index (Phi) is 4.52. The summed E-state index contributed by atoms with van der Waals surface area (Å²) in [4.78, 5) is 17.3. The zero-order valence-electron chi connectivity index (χ0n) is 11.6. The van der Waals surface area contributed by atoms with Crippen molar-refractivity contribution in [2.45, 2.75) is 27.3 Å². The largest absolute Gasteiger partial charge is 0.311 e. The highest BCUT2D eigenvalue weighted by molar-refractivity contribution is 5.42. The van der Waals surface area contributed by atoms with Gasteiger partial charge >= 0.3 is 0 Å². The van der Waals surface area contributed by atoms with Crippen LogP contribution in [0.3, 0.4) is 0 Å². The average Bonchev–Trinajstić information content (AvgIpc) is 2.39. The Morgan fingerprint density at radius 3 is 2.53 bits per heavy atom. The Morgan fingerprint density at radius 2 is 1.84 bits per heavy atom. The molecular weight excluding hydrogens is 238 g/mol. The standard InChI is InChI=1S/C14H19N5/c1-10(2)8-15-9-12-7-11(3)18-14(19-12)13-16-5-4-6-17-13/h4-7,10,15H,8-9H2,1-3H3. The van der Waals surface area contributed by atoms with E-state index in [2.05, 4.69) is 39.1 Å². The summed E-state index contributed by atoms with van der Waals surface area (Å²) in [5.41, 5.74) is 1.90. The summed E-state index contributed by atoms with van der Waals surface area (Å²) in [7, 11) is 0. The van der Waals surface area contributed by atoms with Crippen LogP contribution in [-0.4, -0.2) is 26.5 Å². The lowest BCUT2D eigenvalue weighted by molar-refractivity contribution is 0.548. The molecule has 0 aliphatic rings. The Balaban J connectivity index is 2.16. The molecule has 0 aliphatic carbocycles. The number of nitrogens with one attached hydrogen (secondary N) is 1. The van der Waals surface area contributed by atoms with Gasteiger partial charge < -0.3 is 5.32 Å². The summed E-state index contributed by atoms with van der Waals surface area (Å²) >= 11 is 0. The van der Waals surface area contributed by atoms with Crippen LogP contribution in [0.25, 0.3) is 11.6 Å². The van der Waals surface area contributed by atoms with E-state index in [4.69, 9.17) is 0 Å². The number of hydrogen-bond donors (Lipinski definition) is 1. The number of nitrogens with zero attached hydrogens (tertiary/aromatic N) is 4.